The number of hydrogen-bond donors (Lipinski definition) is 0. The quantitative estimate of drug-likeness (QED) is 0.323. The first-order valence-corrected chi connectivity index (χ1v) is 10.0. The van der Waals surface area contributed by atoms with Crippen molar-refractivity contribution in [2.75, 3.05) is 19.0 Å². The second kappa shape index (κ2) is 9.55. The van der Waals surface area contributed by atoms with E-state index in [1.807, 2.05) is 37.3 Å². The minimum Gasteiger partial charge on any atom is -0.382 e. The van der Waals surface area contributed by atoms with Crippen LogP contribution in [0.3, 0.4) is 0 Å². The third-order valence-corrected chi connectivity index (χ3v) is 5.14. The summed E-state index contributed by atoms with van der Waals surface area (Å²) in [4.78, 5) is 17.7. The van der Waals surface area contributed by atoms with Gasteiger partial charge in [0, 0.05) is 25.5 Å². The topological polar surface area (TPSA) is 44.1 Å². The summed E-state index contributed by atoms with van der Waals surface area (Å²) >= 11 is 1.65. The molecule has 136 valence electrons. The number of rotatable bonds is 9. The van der Waals surface area contributed by atoms with Gasteiger partial charge in [0.1, 0.15) is 0 Å². The van der Waals surface area contributed by atoms with Crippen molar-refractivity contribution in [3.05, 3.63) is 70.5 Å². The van der Waals surface area contributed by atoms with E-state index in [9.17, 15) is 4.79 Å². The smallest absolute Gasteiger partial charge is 0.262 e. The van der Waals surface area contributed by atoms with Crippen LogP contribution in [0.5, 0.6) is 0 Å². The molecule has 1 aromatic heterocycles. The van der Waals surface area contributed by atoms with Crippen molar-refractivity contribution in [1.29, 1.82) is 0 Å². The van der Waals surface area contributed by atoms with E-state index >= 15 is 0 Å². The largest absolute Gasteiger partial charge is 0.382 e. The lowest BCUT2D eigenvalue weighted by Gasteiger charge is -2.13. The summed E-state index contributed by atoms with van der Waals surface area (Å²) < 4.78 is 7.22. The van der Waals surface area contributed by atoms with Crippen molar-refractivity contribution in [1.82, 2.24) is 9.55 Å². The highest BCUT2D eigenvalue weighted by molar-refractivity contribution is 7.99. The van der Waals surface area contributed by atoms with Gasteiger partial charge in [-0.1, -0.05) is 54.2 Å². The Morgan fingerprint density at radius 2 is 1.85 bits per heavy atom. The maximum atomic E-state index is 12.9. The second-order valence-electron chi connectivity index (χ2n) is 6.00. The number of aryl methyl sites for hydroxylation is 1. The second-order valence-corrected chi connectivity index (χ2v) is 7.06. The van der Waals surface area contributed by atoms with Gasteiger partial charge in [0.05, 0.1) is 10.9 Å². The van der Waals surface area contributed by atoms with Gasteiger partial charge in [-0.25, -0.2) is 4.98 Å². The fourth-order valence-corrected chi connectivity index (χ4v) is 3.84. The highest BCUT2D eigenvalue weighted by atomic mass is 32.2. The number of thioether (sulfide) groups is 1. The van der Waals surface area contributed by atoms with Gasteiger partial charge < -0.3 is 4.74 Å². The highest BCUT2D eigenvalue weighted by Crippen LogP contribution is 2.19. The predicted molar refractivity (Wildman–Crippen MR) is 108 cm³/mol. The van der Waals surface area contributed by atoms with E-state index < -0.39 is 0 Å². The predicted octanol–water partition coefficient (Wildman–Crippen LogP) is 4.16. The number of benzene rings is 2. The molecular formula is C21H24N2O2S. The van der Waals surface area contributed by atoms with Crippen LogP contribution in [-0.4, -0.2) is 28.5 Å². The molecule has 0 fully saturated rings. The Labute approximate surface area is 158 Å². The fourth-order valence-electron chi connectivity index (χ4n) is 2.83. The zero-order chi connectivity index (χ0) is 18.2. The number of aromatic nitrogens is 2. The van der Waals surface area contributed by atoms with Crippen LogP contribution in [0.15, 0.2) is 64.5 Å². The van der Waals surface area contributed by atoms with E-state index in [1.54, 1.807) is 16.3 Å². The lowest BCUT2D eigenvalue weighted by molar-refractivity contribution is 0.140. The first-order chi connectivity index (χ1) is 12.8. The Hall–Kier alpha value is -2.11. The summed E-state index contributed by atoms with van der Waals surface area (Å²) in [6, 6.07) is 18.0. The molecule has 0 N–H and O–H groups in total. The minimum atomic E-state index is 0.0364. The molecule has 3 rings (SSSR count). The van der Waals surface area contributed by atoms with E-state index in [1.165, 1.54) is 5.56 Å². The minimum absolute atomic E-state index is 0.0364. The molecule has 0 unspecified atom stereocenters. The van der Waals surface area contributed by atoms with E-state index in [-0.39, 0.29) is 5.56 Å². The molecular weight excluding hydrogens is 344 g/mol. The molecule has 0 bridgehead atoms. The lowest BCUT2D eigenvalue weighted by Crippen LogP contribution is -2.24. The van der Waals surface area contributed by atoms with Crippen molar-refractivity contribution in [2.24, 2.45) is 0 Å². The summed E-state index contributed by atoms with van der Waals surface area (Å²) in [5, 5.41) is 1.47. The van der Waals surface area contributed by atoms with Crippen LogP contribution in [0, 0.1) is 0 Å². The summed E-state index contributed by atoms with van der Waals surface area (Å²) in [6.07, 6.45) is 1.76. The van der Waals surface area contributed by atoms with Crippen molar-refractivity contribution >= 4 is 22.7 Å². The van der Waals surface area contributed by atoms with Crippen LogP contribution in [0.2, 0.25) is 0 Å². The van der Waals surface area contributed by atoms with E-state index in [0.29, 0.717) is 25.1 Å². The Bertz CT molecular complexity index is 893. The Balaban J connectivity index is 1.80. The van der Waals surface area contributed by atoms with Crippen molar-refractivity contribution in [2.45, 2.75) is 31.5 Å². The van der Waals surface area contributed by atoms with Gasteiger partial charge in [-0.15, -0.1) is 0 Å². The van der Waals surface area contributed by atoms with Gasteiger partial charge in [0.15, 0.2) is 5.16 Å². The van der Waals surface area contributed by atoms with Gasteiger partial charge in [0.25, 0.3) is 5.56 Å². The molecule has 5 heteroatoms. The maximum Gasteiger partial charge on any atom is 0.262 e. The molecule has 0 spiro atoms. The molecule has 1 heterocycles. The number of fused-ring (bicyclic) bond motifs is 1. The SMILES string of the molecule is CCOCCCn1c(SCCc2ccccc2)nc2ccccc2c1=O. The third-order valence-electron chi connectivity index (χ3n) is 4.17. The molecule has 0 aliphatic carbocycles. The molecule has 0 aliphatic rings. The van der Waals surface area contributed by atoms with Gasteiger partial charge in [-0.05, 0) is 37.5 Å². The zero-order valence-electron chi connectivity index (χ0n) is 15.1. The van der Waals surface area contributed by atoms with Gasteiger partial charge in [0.2, 0.25) is 0 Å². The molecule has 3 aromatic rings. The summed E-state index contributed by atoms with van der Waals surface area (Å²) in [6.45, 7) is 3.96. The standard InChI is InChI=1S/C21H24N2O2S/c1-2-25-15-8-14-23-20(24)18-11-6-7-12-19(18)22-21(23)26-16-13-17-9-4-3-5-10-17/h3-7,9-12H,2,8,13-16H2,1H3. The lowest BCUT2D eigenvalue weighted by atomic mass is 10.2. The van der Waals surface area contributed by atoms with Crippen LogP contribution in [-0.2, 0) is 17.7 Å². The van der Waals surface area contributed by atoms with Gasteiger partial charge in [-0.2, -0.15) is 0 Å². The van der Waals surface area contributed by atoms with E-state index in [0.717, 1.165) is 29.3 Å². The molecule has 0 atom stereocenters. The number of para-hydroxylation sites is 1. The summed E-state index contributed by atoms with van der Waals surface area (Å²) in [7, 11) is 0. The first-order valence-electron chi connectivity index (χ1n) is 9.03. The normalized spacial score (nSPS) is 11.1. The number of nitrogens with zero attached hydrogens (tertiary/aromatic N) is 2. The molecule has 0 radical (unpaired) electrons. The number of hydrogen-bond acceptors (Lipinski definition) is 4. The highest BCUT2D eigenvalue weighted by Gasteiger charge is 2.11. The van der Waals surface area contributed by atoms with Crippen LogP contribution in [0.4, 0.5) is 0 Å². The Kier molecular flexibility index (Phi) is 6.86. The van der Waals surface area contributed by atoms with Crippen molar-refractivity contribution in [3.8, 4) is 0 Å². The average molecular weight is 369 g/mol. The summed E-state index contributed by atoms with van der Waals surface area (Å²) in [5.41, 5.74) is 2.10. The molecule has 2 aromatic carbocycles. The third kappa shape index (κ3) is 4.74. The maximum absolute atomic E-state index is 12.9. The van der Waals surface area contributed by atoms with Crippen molar-refractivity contribution in [3.63, 3.8) is 0 Å². The molecule has 0 saturated heterocycles. The first kappa shape index (κ1) is 18.7. The fraction of sp³-hybridized carbons (Fsp3) is 0.333. The Morgan fingerprint density at radius 3 is 2.65 bits per heavy atom. The average Bonchev–Trinajstić information content (AvgIpc) is 2.68. The van der Waals surface area contributed by atoms with E-state index in [2.05, 4.69) is 24.3 Å². The van der Waals surface area contributed by atoms with Gasteiger partial charge in [-0.3, -0.25) is 9.36 Å². The monoisotopic (exact) mass is 368 g/mol. The van der Waals surface area contributed by atoms with E-state index in [4.69, 9.17) is 9.72 Å². The van der Waals surface area contributed by atoms with Crippen LogP contribution < -0.4 is 5.56 Å². The molecule has 0 saturated carbocycles. The summed E-state index contributed by atoms with van der Waals surface area (Å²) in [5.74, 6) is 0.889. The van der Waals surface area contributed by atoms with Gasteiger partial charge >= 0.3 is 0 Å². The molecule has 4 nitrogen and oxygen atoms in total. The van der Waals surface area contributed by atoms with Crippen LogP contribution in [0.1, 0.15) is 18.9 Å². The molecule has 0 amide bonds. The number of ether oxygens (including phenoxy) is 1. The zero-order valence-corrected chi connectivity index (χ0v) is 15.9. The molecule has 0 aliphatic heterocycles. The Morgan fingerprint density at radius 1 is 1.08 bits per heavy atom. The van der Waals surface area contributed by atoms with Crippen molar-refractivity contribution < 1.29 is 4.74 Å². The molecule has 26 heavy (non-hydrogen) atoms. The van der Waals surface area contributed by atoms with Crippen LogP contribution in [0.25, 0.3) is 10.9 Å². The van der Waals surface area contributed by atoms with Crippen LogP contribution >= 0.6 is 11.8 Å².